The van der Waals surface area contributed by atoms with Crippen LogP contribution >= 0.6 is 15.9 Å². The molecule has 0 saturated heterocycles. The normalized spacial score (nSPS) is 12.1. The van der Waals surface area contributed by atoms with Crippen molar-refractivity contribution < 1.29 is 4.79 Å². The number of amides is 1. The maximum atomic E-state index is 11.3. The van der Waals surface area contributed by atoms with Crippen molar-refractivity contribution in [2.45, 2.75) is 26.3 Å². The molecule has 0 saturated carbocycles. The van der Waals surface area contributed by atoms with Gasteiger partial charge in [0.1, 0.15) is 0 Å². The number of carbonyl (C=O) groups is 1. The molecular weight excluding hydrogens is 294 g/mol. The van der Waals surface area contributed by atoms with Crippen LogP contribution in [0.4, 0.5) is 5.69 Å². The van der Waals surface area contributed by atoms with Crippen LogP contribution in [-0.2, 0) is 4.79 Å². The number of aryl methyl sites for hydroxylation is 2. The number of halogens is 1. The van der Waals surface area contributed by atoms with Gasteiger partial charge in [0.2, 0.25) is 5.91 Å². The molecule has 1 amide bonds. The molecule has 18 heavy (non-hydrogen) atoms. The molecule has 5 heteroatoms. The predicted octanol–water partition coefficient (Wildman–Crippen LogP) is 1.94. The van der Waals surface area contributed by atoms with Gasteiger partial charge in [-0.1, -0.05) is 15.9 Å². The second kappa shape index (κ2) is 6.75. The van der Waals surface area contributed by atoms with E-state index >= 15 is 0 Å². The number of anilines is 1. The molecule has 1 unspecified atom stereocenters. The van der Waals surface area contributed by atoms with Gasteiger partial charge in [0.25, 0.3) is 0 Å². The van der Waals surface area contributed by atoms with Crippen molar-refractivity contribution in [2.75, 3.05) is 18.9 Å². The smallest absolute Gasteiger partial charge is 0.221 e. The van der Waals surface area contributed by atoms with Crippen molar-refractivity contribution in [1.29, 1.82) is 0 Å². The Morgan fingerprint density at radius 3 is 2.39 bits per heavy atom. The zero-order valence-electron chi connectivity index (χ0n) is 11.0. The van der Waals surface area contributed by atoms with Crippen LogP contribution in [0.1, 0.15) is 17.5 Å². The Labute approximate surface area is 116 Å². The summed E-state index contributed by atoms with van der Waals surface area (Å²) in [6.45, 7) is 4.50. The van der Waals surface area contributed by atoms with Gasteiger partial charge in [-0.15, -0.1) is 0 Å². The molecule has 0 aliphatic heterocycles. The Balaban J connectivity index is 2.79. The molecule has 1 atom stereocenters. The van der Waals surface area contributed by atoms with Crippen LogP contribution in [0.15, 0.2) is 16.6 Å². The minimum Gasteiger partial charge on any atom is -0.381 e. The molecule has 1 aromatic rings. The summed E-state index contributed by atoms with van der Waals surface area (Å²) in [6.07, 6.45) is 0.376. The summed E-state index contributed by atoms with van der Waals surface area (Å²) in [5.41, 5.74) is 8.99. The van der Waals surface area contributed by atoms with E-state index in [1.54, 1.807) is 7.05 Å². The Morgan fingerprint density at radius 1 is 1.39 bits per heavy atom. The van der Waals surface area contributed by atoms with Gasteiger partial charge in [-0.2, -0.15) is 0 Å². The van der Waals surface area contributed by atoms with Crippen molar-refractivity contribution in [2.24, 2.45) is 5.73 Å². The highest BCUT2D eigenvalue weighted by Gasteiger charge is 2.12. The molecule has 4 nitrogen and oxygen atoms in total. The second-order valence-electron chi connectivity index (χ2n) is 4.38. The first-order valence-corrected chi connectivity index (χ1v) is 6.71. The summed E-state index contributed by atoms with van der Waals surface area (Å²) < 4.78 is 1.11. The Hall–Kier alpha value is -1.07. The van der Waals surface area contributed by atoms with Crippen LogP contribution in [0.2, 0.25) is 0 Å². The molecule has 0 heterocycles. The number of rotatable bonds is 5. The van der Waals surface area contributed by atoms with Gasteiger partial charge in [-0.3, -0.25) is 4.79 Å². The molecule has 0 aliphatic carbocycles. The van der Waals surface area contributed by atoms with Crippen LogP contribution in [0.3, 0.4) is 0 Å². The fraction of sp³-hybridized carbons (Fsp3) is 0.462. The largest absolute Gasteiger partial charge is 0.381 e. The van der Waals surface area contributed by atoms with Gasteiger partial charge >= 0.3 is 0 Å². The number of hydrogen-bond acceptors (Lipinski definition) is 3. The van der Waals surface area contributed by atoms with E-state index in [-0.39, 0.29) is 11.9 Å². The van der Waals surface area contributed by atoms with Gasteiger partial charge in [-0.25, -0.2) is 0 Å². The second-order valence-corrected chi connectivity index (χ2v) is 5.17. The molecule has 0 aromatic heterocycles. The molecule has 0 spiro atoms. The average molecular weight is 314 g/mol. The number of benzene rings is 1. The highest BCUT2D eigenvalue weighted by molar-refractivity contribution is 9.10. The van der Waals surface area contributed by atoms with Crippen molar-refractivity contribution in [1.82, 2.24) is 5.32 Å². The SMILES string of the molecule is CNC(=O)CC(CN)Nc1cc(C)c(Br)c(C)c1. The van der Waals surface area contributed by atoms with Crippen LogP contribution in [0, 0.1) is 13.8 Å². The van der Waals surface area contributed by atoms with E-state index in [4.69, 9.17) is 5.73 Å². The molecule has 0 radical (unpaired) electrons. The van der Waals surface area contributed by atoms with E-state index in [1.807, 2.05) is 26.0 Å². The lowest BCUT2D eigenvalue weighted by Gasteiger charge is -2.18. The van der Waals surface area contributed by atoms with Gasteiger partial charge in [0.05, 0.1) is 0 Å². The summed E-state index contributed by atoms with van der Waals surface area (Å²) in [6, 6.07) is 4.04. The molecule has 1 aromatic carbocycles. The van der Waals surface area contributed by atoms with Crippen molar-refractivity contribution in [3.63, 3.8) is 0 Å². The zero-order chi connectivity index (χ0) is 13.7. The van der Waals surface area contributed by atoms with Crippen LogP contribution in [-0.4, -0.2) is 25.5 Å². The maximum absolute atomic E-state index is 11.3. The van der Waals surface area contributed by atoms with Crippen LogP contribution in [0.25, 0.3) is 0 Å². The topological polar surface area (TPSA) is 67.2 Å². The van der Waals surface area contributed by atoms with E-state index in [0.717, 1.165) is 21.3 Å². The first-order valence-electron chi connectivity index (χ1n) is 5.91. The molecule has 0 bridgehead atoms. The molecular formula is C13H20BrN3O. The zero-order valence-corrected chi connectivity index (χ0v) is 12.6. The van der Waals surface area contributed by atoms with E-state index in [9.17, 15) is 4.79 Å². The highest BCUT2D eigenvalue weighted by Crippen LogP contribution is 2.25. The van der Waals surface area contributed by atoms with Crippen LogP contribution < -0.4 is 16.4 Å². The monoisotopic (exact) mass is 313 g/mol. The summed E-state index contributed by atoms with van der Waals surface area (Å²) >= 11 is 3.53. The fourth-order valence-electron chi connectivity index (χ4n) is 1.78. The van der Waals surface area contributed by atoms with E-state index < -0.39 is 0 Å². The molecule has 0 fully saturated rings. The van der Waals surface area contributed by atoms with Gasteiger partial charge in [0, 0.05) is 36.2 Å². The quantitative estimate of drug-likeness (QED) is 0.778. The average Bonchev–Trinajstić information content (AvgIpc) is 2.34. The Kier molecular flexibility index (Phi) is 5.62. The lowest BCUT2D eigenvalue weighted by molar-refractivity contribution is -0.120. The lowest BCUT2D eigenvalue weighted by atomic mass is 10.1. The van der Waals surface area contributed by atoms with Gasteiger partial charge in [0.15, 0.2) is 0 Å². The Morgan fingerprint density at radius 2 is 1.94 bits per heavy atom. The van der Waals surface area contributed by atoms with Crippen molar-refractivity contribution >= 4 is 27.5 Å². The van der Waals surface area contributed by atoms with E-state index in [0.29, 0.717) is 13.0 Å². The highest BCUT2D eigenvalue weighted by atomic mass is 79.9. The summed E-state index contributed by atoms with van der Waals surface area (Å²) in [5, 5.41) is 5.90. The van der Waals surface area contributed by atoms with Crippen molar-refractivity contribution in [3.05, 3.63) is 27.7 Å². The number of carbonyl (C=O) groups excluding carboxylic acids is 1. The summed E-state index contributed by atoms with van der Waals surface area (Å²) in [4.78, 5) is 11.3. The van der Waals surface area contributed by atoms with Crippen molar-refractivity contribution in [3.8, 4) is 0 Å². The minimum atomic E-state index is -0.0510. The maximum Gasteiger partial charge on any atom is 0.221 e. The molecule has 4 N–H and O–H groups in total. The van der Waals surface area contributed by atoms with Gasteiger partial charge in [-0.05, 0) is 37.1 Å². The first kappa shape index (κ1) is 15.0. The third-order valence-electron chi connectivity index (χ3n) is 2.80. The van der Waals surface area contributed by atoms with Crippen LogP contribution in [0.5, 0.6) is 0 Å². The third-order valence-corrected chi connectivity index (χ3v) is 4.05. The predicted molar refractivity (Wildman–Crippen MR) is 78.8 cm³/mol. The Bertz CT molecular complexity index is 411. The lowest BCUT2D eigenvalue weighted by Crippen LogP contribution is -2.34. The number of nitrogens with two attached hydrogens (primary N) is 1. The third kappa shape index (κ3) is 3.99. The minimum absolute atomic E-state index is 0.0106. The molecule has 0 aliphatic rings. The van der Waals surface area contributed by atoms with Gasteiger partial charge < -0.3 is 16.4 Å². The summed E-state index contributed by atoms with van der Waals surface area (Å²) in [7, 11) is 1.63. The first-order chi connectivity index (χ1) is 8.47. The molecule has 1 rings (SSSR count). The number of hydrogen-bond donors (Lipinski definition) is 3. The summed E-state index contributed by atoms with van der Waals surface area (Å²) in [5.74, 6) is -0.0106. The van der Waals surface area contributed by atoms with E-state index in [1.165, 1.54) is 0 Å². The standard InChI is InChI=1S/C13H20BrN3O/c1-8-4-10(5-9(2)13(8)14)17-11(7-15)6-12(18)16-3/h4-5,11,17H,6-7,15H2,1-3H3,(H,16,18). The number of nitrogens with one attached hydrogen (secondary N) is 2. The fourth-order valence-corrected chi connectivity index (χ4v) is 2.01. The van der Waals surface area contributed by atoms with E-state index in [2.05, 4.69) is 26.6 Å². The molecule has 100 valence electrons.